The molecular weight excluding hydrogens is 300 g/mol. The molecule has 0 heterocycles. The van der Waals surface area contributed by atoms with E-state index in [0.717, 1.165) is 17.2 Å². The van der Waals surface area contributed by atoms with E-state index in [-0.39, 0.29) is 5.97 Å². The first-order chi connectivity index (χ1) is 11.8. The minimum atomic E-state index is -0.319. The van der Waals surface area contributed by atoms with Gasteiger partial charge in [-0.15, -0.1) is 0 Å². The number of ether oxygens (including phenoxy) is 2. The second-order valence-electron chi connectivity index (χ2n) is 6.38. The average Bonchev–Trinajstić information content (AvgIpc) is 2.67. The van der Waals surface area contributed by atoms with Crippen LogP contribution < -0.4 is 4.74 Å². The summed E-state index contributed by atoms with van der Waals surface area (Å²) in [6, 6.07) is 15.8. The van der Waals surface area contributed by atoms with E-state index in [1.165, 1.54) is 44.8 Å². The van der Waals surface area contributed by atoms with Crippen molar-refractivity contribution >= 4 is 5.97 Å². The maximum absolute atomic E-state index is 11.4. The van der Waals surface area contributed by atoms with E-state index < -0.39 is 0 Å². The van der Waals surface area contributed by atoms with E-state index >= 15 is 0 Å². The minimum absolute atomic E-state index is 0.319. The van der Waals surface area contributed by atoms with Crippen molar-refractivity contribution in [2.45, 2.75) is 44.6 Å². The molecule has 0 aromatic heterocycles. The summed E-state index contributed by atoms with van der Waals surface area (Å²) in [5, 5.41) is 0. The lowest BCUT2D eigenvalue weighted by atomic mass is 9.84. The fraction of sp³-hybridized carbons (Fsp3) is 0.381. The number of rotatable bonds is 5. The molecule has 2 aromatic rings. The Balaban J connectivity index is 1.55. The third kappa shape index (κ3) is 4.16. The summed E-state index contributed by atoms with van der Waals surface area (Å²) in [5.41, 5.74) is 3.02. The molecule has 0 amide bonds. The molecule has 0 N–H and O–H groups in total. The van der Waals surface area contributed by atoms with E-state index in [9.17, 15) is 4.79 Å². The highest BCUT2D eigenvalue weighted by molar-refractivity contribution is 5.89. The van der Waals surface area contributed by atoms with Crippen molar-refractivity contribution in [3.05, 3.63) is 65.2 Å². The van der Waals surface area contributed by atoms with Gasteiger partial charge in [0.2, 0.25) is 0 Å². The summed E-state index contributed by atoms with van der Waals surface area (Å²) in [6.45, 7) is 0.490. The van der Waals surface area contributed by atoms with Crippen molar-refractivity contribution in [1.82, 2.24) is 0 Å². The van der Waals surface area contributed by atoms with Gasteiger partial charge in [-0.1, -0.05) is 43.5 Å². The molecule has 24 heavy (non-hydrogen) atoms. The summed E-state index contributed by atoms with van der Waals surface area (Å²) in [6.07, 6.45) is 6.71. The van der Waals surface area contributed by atoms with Gasteiger partial charge in [-0.3, -0.25) is 0 Å². The molecule has 0 unspecified atom stereocenters. The number of carbonyl (C=O) groups is 1. The Bertz CT molecular complexity index is 652. The van der Waals surface area contributed by atoms with Gasteiger partial charge >= 0.3 is 5.97 Å². The lowest BCUT2D eigenvalue weighted by molar-refractivity contribution is 0.0600. The monoisotopic (exact) mass is 324 g/mol. The summed E-state index contributed by atoms with van der Waals surface area (Å²) in [7, 11) is 1.39. The molecule has 1 aliphatic carbocycles. The maximum atomic E-state index is 11.4. The van der Waals surface area contributed by atoms with E-state index in [2.05, 4.69) is 24.3 Å². The van der Waals surface area contributed by atoms with Crippen molar-refractivity contribution in [2.24, 2.45) is 0 Å². The number of hydrogen-bond acceptors (Lipinski definition) is 3. The molecule has 2 aromatic carbocycles. The van der Waals surface area contributed by atoms with Gasteiger partial charge in [0, 0.05) is 0 Å². The van der Waals surface area contributed by atoms with Crippen LogP contribution in [0.4, 0.5) is 0 Å². The normalized spacial score (nSPS) is 15.0. The molecule has 1 aliphatic rings. The molecule has 0 saturated heterocycles. The van der Waals surface area contributed by atoms with Crippen LogP contribution in [0.3, 0.4) is 0 Å². The smallest absolute Gasteiger partial charge is 0.337 e. The summed E-state index contributed by atoms with van der Waals surface area (Å²) in [5.74, 6) is 1.28. The van der Waals surface area contributed by atoms with Crippen LogP contribution in [0.5, 0.6) is 5.75 Å². The molecule has 126 valence electrons. The number of benzene rings is 2. The van der Waals surface area contributed by atoms with Crippen LogP contribution in [-0.2, 0) is 11.3 Å². The standard InChI is InChI=1S/C21H24O3/c1-23-21(22)19-9-7-16(8-10-19)15-24-20-13-11-18(12-14-20)17-5-3-2-4-6-17/h7-14,17H,2-6,15H2,1H3. The molecule has 3 heteroatoms. The molecule has 0 bridgehead atoms. The van der Waals surface area contributed by atoms with Crippen LogP contribution in [0.2, 0.25) is 0 Å². The summed E-state index contributed by atoms with van der Waals surface area (Å²) in [4.78, 5) is 11.4. The van der Waals surface area contributed by atoms with Crippen LogP contribution in [0.1, 0.15) is 59.5 Å². The minimum Gasteiger partial charge on any atom is -0.489 e. The zero-order valence-electron chi connectivity index (χ0n) is 14.2. The van der Waals surface area contributed by atoms with Crippen molar-refractivity contribution < 1.29 is 14.3 Å². The zero-order valence-corrected chi connectivity index (χ0v) is 14.2. The summed E-state index contributed by atoms with van der Waals surface area (Å²) < 4.78 is 10.5. The molecule has 0 aliphatic heterocycles. The predicted octanol–water partition coefficient (Wildman–Crippen LogP) is 5.10. The lowest BCUT2D eigenvalue weighted by Gasteiger charge is -2.22. The first kappa shape index (κ1) is 16.6. The third-order valence-electron chi connectivity index (χ3n) is 4.74. The molecule has 0 spiro atoms. The first-order valence-electron chi connectivity index (χ1n) is 8.66. The first-order valence-corrected chi connectivity index (χ1v) is 8.66. The highest BCUT2D eigenvalue weighted by Gasteiger charge is 2.15. The lowest BCUT2D eigenvalue weighted by Crippen LogP contribution is -2.04. The topological polar surface area (TPSA) is 35.5 Å². The van der Waals surface area contributed by atoms with Gasteiger partial charge < -0.3 is 9.47 Å². The Labute approximate surface area is 143 Å². The SMILES string of the molecule is COC(=O)c1ccc(COc2ccc(C3CCCCC3)cc2)cc1. The van der Waals surface area contributed by atoms with Gasteiger partial charge in [-0.2, -0.15) is 0 Å². The molecule has 3 rings (SSSR count). The fourth-order valence-electron chi connectivity index (χ4n) is 3.29. The Morgan fingerprint density at radius 1 is 0.958 bits per heavy atom. The Morgan fingerprint density at radius 2 is 1.62 bits per heavy atom. The van der Waals surface area contributed by atoms with Gasteiger partial charge in [-0.05, 0) is 54.2 Å². The van der Waals surface area contributed by atoms with Crippen LogP contribution in [0, 0.1) is 0 Å². The van der Waals surface area contributed by atoms with Gasteiger partial charge in [0.05, 0.1) is 12.7 Å². The van der Waals surface area contributed by atoms with E-state index in [0.29, 0.717) is 12.2 Å². The van der Waals surface area contributed by atoms with Crippen LogP contribution >= 0.6 is 0 Å². The largest absolute Gasteiger partial charge is 0.489 e. The molecule has 0 radical (unpaired) electrons. The molecule has 1 fully saturated rings. The predicted molar refractivity (Wildman–Crippen MR) is 94.4 cm³/mol. The number of carbonyl (C=O) groups excluding carboxylic acids is 1. The number of esters is 1. The second kappa shape index (κ2) is 8.00. The van der Waals surface area contributed by atoms with Crippen LogP contribution in [0.25, 0.3) is 0 Å². The quantitative estimate of drug-likeness (QED) is 0.718. The van der Waals surface area contributed by atoms with Crippen molar-refractivity contribution in [3.8, 4) is 5.75 Å². The Kier molecular flexibility index (Phi) is 5.52. The highest BCUT2D eigenvalue weighted by atomic mass is 16.5. The van der Waals surface area contributed by atoms with Crippen molar-refractivity contribution in [3.63, 3.8) is 0 Å². The average molecular weight is 324 g/mol. The third-order valence-corrected chi connectivity index (χ3v) is 4.74. The van der Waals surface area contributed by atoms with Gasteiger partial charge in [-0.25, -0.2) is 4.79 Å². The Morgan fingerprint density at radius 3 is 2.25 bits per heavy atom. The van der Waals surface area contributed by atoms with E-state index in [4.69, 9.17) is 9.47 Å². The van der Waals surface area contributed by atoms with E-state index in [1.807, 2.05) is 12.1 Å². The van der Waals surface area contributed by atoms with E-state index in [1.54, 1.807) is 12.1 Å². The van der Waals surface area contributed by atoms with Gasteiger partial charge in [0.25, 0.3) is 0 Å². The van der Waals surface area contributed by atoms with Crippen molar-refractivity contribution in [1.29, 1.82) is 0 Å². The van der Waals surface area contributed by atoms with Gasteiger partial charge in [0.1, 0.15) is 12.4 Å². The number of methoxy groups -OCH3 is 1. The van der Waals surface area contributed by atoms with Crippen LogP contribution in [-0.4, -0.2) is 13.1 Å². The molecule has 3 nitrogen and oxygen atoms in total. The molecular formula is C21H24O3. The molecule has 0 atom stereocenters. The van der Waals surface area contributed by atoms with Crippen LogP contribution in [0.15, 0.2) is 48.5 Å². The summed E-state index contributed by atoms with van der Waals surface area (Å²) >= 11 is 0. The maximum Gasteiger partial charge on any atom is 0.337 e. The molecule has 1 saturated carbocycles. The fourth-order valence-corrected chi connectivity index (χ4v) is 3.29. The second-order valence-corrected chi connectivity index (χ2v) is 6.38. The Hall–Kier alpha value is -2.29. The highest BCUT2D eigenvalue weighted by Crippen LogP contribution is 2.33. The van der Waals surface area contributed by atoms with Gasteiger partial charge in [0.15, 0.2) is 0 Å². The van der Waals surface area contributed by atoms with Crippen molar-refractivity contribution in [2.75, 3.05) is 7.11 Å². The zero-order chi connectivity index (χ0) is 16.8. The number of hydrogen-bond donors (Lipinski definition) is 0.